The Morgan fingerprint density at radius 3 is 3.00 bits per heavy atom. The number of hydrogen-bond acceptors (Lipinski definition) is 2. The largest absolute Gasteiger partial charge is 0.399 e. The normalized spacial score (nSPS) is 8.87. The zero-order chi connectivity index (χ0) is 11.1. The van der Waals surface area contributed by atoms with Crippen molar-refractivity contribution in [3.8, 4) is 11.8 Å². The van der Waals surface area contributed by atoms with E-state index in [2.05, 4.69) is 17.2 Å². The molecule has 3 heteroatoms. The second-order valence-corrected chi connectivity index (χ2v) is 3.06. The van der Waals surface area contributed by atoms with Crippen molar-refractivity contribution in [2.45, 2.75) is 13.3 Å². The Morgan fingerprint density at radius 1 is 1.53 bits per heavy atom. The van der Waals surface area contributed by atoms with Gasteiger partial charge in [-0.1, -0.05) is 6.07 Å². The Bertz CT molecular complexity index is 402. The van der Waals surface area contributed by atoms with Crippen LogP contribution in [0.25, 0.3) is 0 Å². The van der Waals surface area contributed by atoms with E-state index in [0.717, 1.165) is 0 Å². The van der Waals surface area contributed by atoms with E-state index in [1.165, 1.54) is 0 Å². The van der Waals surface area contributed by atoms with Gasteiger partial charge in [0.2, 0.25) is 0 Å². The van der Waals surface area contributed by atoms with Crippen LogP contribution < -0.4 is 11.1 Å². The Hall–Kier alpha value is -1.95. The molecule has 0 radical (unpaired) electrons. The number of carbonyl (C=O) groups is 1. The Labute approximate surface area is 89.7 Å². The summed E-state index contributed by atoms with van der Waals surface area (Å²) in [4.78, 5) is 11.5. The van der Waals surface area contributed by atoms with Crippen LogP contribution in [-0.2, 0) is 0 Å². The lowest BCUT2D eigenvalue weighted by Crippen LogP contribution is -2.24. The molecule has 0 atom stereocenters. The second-order valence-electron chi connectivity index (χ2n) is 3.06. The lowest BCUT2D eigenvalue weighted by atomic mass is 10.2. The topological polar surface area (TPSA) is 55.1 Å². The second kappa shape index (κ2) is 5.71. The van der Waals surface area contributed by atoms with Crippen molar-refractivity contribution in [3.63, 3.8) is 0 Å². The van der Waals surface area contributed by atoms with Gasteiger partial charge in [0, 0.05) is 24.2 Å². The van der Waals surface area contributed by atoms with E-state index in [0.29, 0.717) is 24.2 Å². The first-order valence-corrected chi connectivity index (χ1v) is 4.77. The first kappa shape index (κ1) is 11.1. The molecule has 0 aliphatic rings. The van der Waals surface area contributed by atoms with Gasteiger partial charge in [-0.25, -0.2) is 0 Å². The van der Waals surface area contributed by atoms with Crippen LogP contribution in [0.4, 0.5) is 5.69 Å². The summed E-state index contributed by atoms with van der Waals surface area (Å²) in [5.41, 5.74) is 6.75. The van der Waals surface area contributed by atoms with Gasteiger partial charge in [0.15, 0.2) is 0 Å². The Balaban J connectivity index is 2.49. The summed E-state index contributed by atoms with van der Waals surface area (Å²) in [5.74, 6) is 5.54. The maximum atomic E-state index is 11.5. The number of nitrogens with two attached hydrogens (primary N) is 1. The van der Waals surface area contributed by atoms with E-state index in [1.54, 1.807) is 31.2 Å². The van der Waals surface area contributed by atoms with E-state index >= 15 is 0 Å². The van der Waals surface area contributed by atoms with Crippen LogP contribution in [0.5, 0.6) is 0 Å². The molecular formula is C12H14N2O. The third-order valence-corrected chi connectivity index (χ3v) is 1.86. The summed E-state index contributed by atoms with van der Waals surface area (Å²) in [6.45, 7) is 2.34. The van der Waals surface area contributed by atoms with Crippen molar-refractivity contribution < 1.29 is 4.79 Å². The fourth-order valence-corrected chi connectivity index (χ4v) is 1.15. The van der Waals surface area contributed by atoms with Gasteiger partial charge in [0.05, 0.1) is 0 Å². The van der Waals surface area contributed by atoms with E-state index in [-0.39, 0.29) is 5.91 Å². The number of nitrogen functional groups attached to an aromatic ring is 1. The summed E-state index contributed by atoms with van der Waals surface area (Å²) in [5, 5.41) is 2.76. The molecule has 1 rings (SSSR count). The number of rotatable bonds is 3. The molecule has 1 aromatic rings. The average molecular weight is 202 g/mol. The molecule has 0 fully saturated rings. The number of carbonyl (C=O) groups excluding carboxylic acids is 1. The maximum Gasteiger partial charge on any atom is 0.251 e. The number of amides is 1. The zero-order valence-electron chi connectivity index (χ0n) is 8.71. The zero-order valence-corrected chi connectivity index (χ0v) is 8.71. The predicted octanol–water partition coefficient (Wildman–Crippen LogP) is 1.41. The Morgan fingerprint density at radius 2 is 2.33 bits per heavy atom. The fraction of sp³-hybridized carbons (Fsp3) is 0.250. The van der Waals surface area contributed by atoms with E-state index in [1.807, 2.05) is 0 Å². The van der Waals surface area contributed by atoms with Crippen LogP contribution in [0, 0.1) is 11.8 Å². The first-order valence-electron chi connectivity index (χ1n) is 4.77. The summed E-state index contributed by atoms with van der Waals surface area (Å²) in [7, 11) is 0. The molecule has 0 spiro atoms. The molecule has 0 aliphatic carbocycles. The van der Waals surface area contributed by atoms with Gasteiger partial charge in [0.25, 0.3) is 5.91 Å². The highest BCUT2D eigenvalue weighted by Gasteiger charge is 2.03. The molecule has 0 aromatic heterocycles. The van der Waals surface area contributed by atoms with Crippen molar-refractivity contribution in [2.24, 2.45) is 0 Å². The molecule has 0 unspecified atom stereocenters. The van der Waals surface area contributed by atoms with Crippen LogP contribution in [0.2, 0.25) is 0 Å². The molecule has 1 amide bonds. The minimum Gasteiger partial charge on any atom is -0.399 e. The van der Waals surface area contributed by atoms with Gasteiger partial charge in [-0.05, 0) is 25.1 Å². The lowest BCUT2D eigenvalue weighted by Gasteiger charge is -2.03. The monoisotopic (exact) mass is 202 g/mol. The molecule has 78 valence electrons. The summed E-state index contributed by atoms with van der Waals surface area (Å²) >= 11 is 0. The van der Waals surface area contributed by atoms with Crippen LogP contribution in [0.1, 0.15) is 23.7 Å². The SMILES string of the molecule is CC#CCCNC(=O)c1cccc(N)c1. The van der Waals surface area contributed by atoms with Gasteiger partial charge in [-0.3, -0.25) is 4.79 Å². The highest BCUT2D eigenvalue weighted by molar-refractivity contribution is 5.94. The van der Waals surface area contributed by atoms with E-state index in [9.17, 15) is 4.79 Å². The quantitative estimate of drug-likeness (QED) is 0.442. The predicted molar refractivity (Wildman–Crippen MR) is 61.3 cm³/mol. The Kier molecular flexibility index (Phi) is 4.24. The molecule has 1 aromatic carbocycles. The van der Waals surface area contributed by atoms with Gasteiger partial charge in [-0.15, -0.1) is 11.8 Å². The molecule has 0 aliphatic heterocycles. The molecular weight excluding hydrogens is 188 g/mol. The number of benzene rings is 1. The van der Waals surface area contributed by atoms with Gasteiger partial charge in [-0.2, -0.15) is 0 Å². The minimum absolute atomic E-state index is 0.111. The molecule has 0 heterocycles. The highest BCUT2D eigenvalue weighted by atomic mass is 16.1. The van der Waals surface area contributed by atoms with Crippen LogP contribution in [0.3, 0.4) is 0 Å². The smallest absolute Gasteiger partial charge is 0.251 e. The van der Waals surface area contributed by atoms with Gasteiger partial charge in [0.1, 0.15) is 0 Å². The third kappa shape index (κ3) is 3.74. The van der Waals surface area contributed by atoms with Crippen molar-refractivity contribution in [3.05, 3.63) is 29.8 Å². The van der Waals surface area contributed by atoms with Crippen LogP contribution >= 0.6 is 0 Å². The molecule has 3 nitrogen and oxygen atoms in total. The van der Waals surface area contributed by atoms with Crippen molar-refractivity contribution in [2.75, 3.05) is 12.3 Å². The molecule has 0 bridgehead atoms. The van der Waals surface area contributed by atoms with E-state index in [4.69, 9.17) is 5.73 Å². The molecule has 3 N–H and O–H groups in total. The minimum atomic E-state index is -0.111. The molecule has 15 heavy (non-hydrogen) atoms. The standard InChI is InChI=1S/C12H14N2O/c1-2-3-4-8-14-12(15)10-6-5-7-11(13)9-10/h5-7,9H,4,8,13H2,1H3,(H,14,15). The van der Waals surface area contributed by atoms with Crippen LogP contribution in [0.15, 0.2) is 24.3 Å². The summed E-state index contributed by atoms with van der Waals surface area (Å²) < 4.78 is 0. The highest BCUT2D eigenvalue weighted by Crippen LogP contribution is 2.05. The molecule has 0 saturated carbocycles. The van der Waals surface area contributed by atoms with E-state index < -0.39 is 0 Å². The number of hydrogen-bond donors (Lipinski definition) is 2. The van der Waals surface area contributed by atoms with Crippen molar-refractivity contribution in [1.82, 2.24) is 5.32 Å². The summed E-state index contributed by atoms with van der Waals surface area (Å²) in [6.07, 6.45) is 0.671. The van der Waals surface area contributed by atoms with Gasteiger partial charge >= 0.3 is 0 Å². The van der Waals surface area contributed by atoms with Crippen molar-refractivity contribution >= 4 is 11.6 Å². The maximum absolute atomic E-state index is 11.5. The van der Waals surface area contributed by atoms with Gasteiger partial charge < -0.3 is 11.1 Å². The first-order chi connectivity index (χ1) is 7.24. The van der Waals surface area contributed by atoms with Crippen LogP contribution in [-0.4, -0.2) is 12.5 Å². The number of nitrogens with one attached hydrogen (secondary N) is 1. The summed E-state index contributed by atoms with van der Waals surface area (Å²) in [6, 6.07) is 6.90. The van der Waals surface area contributed by atoms with Crippen molar-refractivity contribution in [1.29, 1.82) is 0 Å². The number of anilines is 1. The fourth-order valence-electron chi connectivity index (χ4n) is 1.15. The third-order valence-electron chi connectivity index (χ3n) is 1.86. The average Bonchev–Trinajstić information content (AvgIpc) is 2.24. The molecule has 0 saturated heterocycles. The lowest BCUT2D eigenvalue weighted by molar-refractivity contribution is 0.0954.